The summed E-state index contributed by atoms with van der Waals surface area (Å²) in [4.78, 5) is 26.3. The molecule has 0 spiro atoms. The van der Waals surface area contributed by atoms with Gasteiger partial charge in [-0.25, -0.2) is 9.37 Å². The molecule has 9 nitrogen and oxygen atoms in total. The molecule has 2 atom stereocenters. The molecule has 4 aromatic rings. The van der Waals surface area contributed by atoms with E-state index in [2.05, 4.69) is 27.0 Å². The molecule has 2 aromatic carbocycles. The number of aromatic hydroxyl groups is 1. The number of hydrogen-bond acceptors (Lipinski definition) is 6. The van der Waals surface area contributed by atoms with Gasteiger partial charge in [0.25, 0.3) is 0 Å². The predicted octanol–water partition coefficient (Wildman–Crippen LogP) is 8.40. The number of phenols is 1. The SMILES string of the molecule is CCCCCCCCCCCCCC[C@H](C(=O)N1CC[C@@H](O)C1)N1Cc2nc(-c3n[nH]c4cc(-c5cc(F)c(O)cc5CC)ccc34)[nH]c2C1. The van der Waals surface area contributed by atoms with Crippen LogP contribution in [0.4, 0.5) is 4.39 Å². The number of β-amino-alcohol motifs (C(OH)–C–C–N with tert-alkyl or cyclic N) is 1. The highest BCUT2D eigenvalue weighted by molar-refractivity contribution is 5.94. The Morgan fingerprint density at radius 3 is 2.36 bits per heavy atom. The second kappa shape index (κ2) is 17.0. The summed E-state index contributed by atoms with van der Waals surface area (Å²) in [6.07, 6.45) is 17.1. The van der Waals surface area contributed by atoms with Crippen LogP contribution in [-0.4, -0.2) is 71.3 Å². The van der Waals surface area contributed by atoms with Gasteiger partial charge in [0, 0.05) is 31.6 Å². The van der Waals surface area contributed by atoms with Gasteiger partial charge in [0.15, 0.2) is 17.4 Å². The van der Waals surface area contributed by atoms with Crippen molar-refractivity contribution < 1.29 is 19.4 Å². The van der Waals surface area contributed by atoms with Gasteiger partial charge >= 0.3 is 0 Å². The van der Waals surface area contributed by atoms with Crippen molar-refractivity contribution in [3.8, 4) is 28.4 Å². The molecule has 0 aliphatic carbocycles. The van der Waals surface area contributed by atoms with Crippen molar-refractivity contribution in [3.05, 3.63) is 53.1 Å². The van der Waals surface area contributed by atoms with Gasteiger partial charge in [0.2, 0.25) is 5.91 Å². The van der Waals surface area contributed by atoms with Gasteiger partial charge < -0.3 is 20.1 Å². The highest BCUT2D eigenvalue weighted by Gasteiger charge is 2.37. The number of aliphatic hydroxyl groups excluding tert-OH is 1. The summed E-state index contributed by atoms with van der Waals surface area (Å²) in [5.41, 5.74) is 5.93. The zero-order chi connectivity index (χ0) is 35.0. The van der Waals surface area contributed by atoms with Crippen LogP contribution in [0.1, 0.15) is 121 Å². The summed E-state index contributed by atoms with van der Waals surface area (Å²) < 4.78 is 14.3. The third kappa shape index (κ3) is 8.40. The number of fused-ring (bicyclic) bond motifs is 2. The van der Waals surface area contributed by atoms with E-state index in [1.807, 2.05) is 30.0 Å². The predicted molar refractivity (Wildman–Crippen MR) is 196 cm³/mol. The number of likely N-dealkylation sites (tertiary alicyclic amines) is 1. The van der Waals surface area contributed by atoms with Crippen LogP contribution < -0.4 is 0 Å². The van der Waals surface area contributed by atoms with Gasteiger partial charge in [-0.3, -0.25) is 14.8 Å². The van der Waals surface area contributed by atoms with E-state index in [4.69, 9.17) is 4.98 Å². The van der Waals surface area contributed by atoms with E-state index in [-0.39, 0.29) is 17.7 Å². The molecule has 1 fully saturated rings. The van der Waals surface area contributed by atoms with Crippen molar-refractivity contribution in [3.63, 3.8) is 0 Å². The Morgan fingerprint density at radius 1 is 0.980 bits per heavy atom. The summed E-state index contributed by atoms with van der Waals surface area (Å²) in [6, 6.07) is 8.53. The van der Waals surface area contributed by atoms with Crippen LogP contribution in [0.25, 0.3) is 33.5 Å². The molecule has 0 bridgehead atoms. The van der Waals surface area contributed by atoms with E-state index >= 15 is 0 Å². The first-order chi connectivity index (χ1) is 24.4. The van der Waals surface area contributed by atoms with Crippen LogP contribution in [0.5, 0.6) is 5.75 Å². The highest BCUT2D eigenvalue weighted by atomic mass is 19.1. The maximum Gasteiger partial charge on any atom is 0.240 e. The lowest BCUT2D eigenvalue weighted by Gasteiger charge is -2.30. The molecule has 1 amide bonds. The number of hydrogen-bond donors (Lipinski definition) is 4. The highest BCUT2D eigenvalue weighted by Crippen LogP contribution is 2.35. The number of carbonyl (C=O) groups is 1. The van der Waals surface area contributed by atoms with Gasteiger partial charge in [0.1, 0.15) is 5.69 Å². The average molecular weight is 687 g/mol. The molecule has 2 aliphatic heterocycles. The Balaban J connectivity index is 1.07. The molecule has 2 aliphatic rings. The van der Waals surface area contributed by atoms with E-state index in [9.17, 15) is 19.4 Å². The third-order valence-electron chi connectivity index (χ3n) is 10.8. The Morgan fingerprint density at radius 2 is 1.70 bits per heavy atom. The largest absolute Gasteiger partial charge is 0.505 e. The zero-order valence-electron chi connectivity index (χ0n) is 29.9. The summed E-state index contributed by atoms with van der Waals surface area (Å²) in [6.45, 7) is 6.49. The number of amides is 1. The minimum atomic E-state index is -0.641. The first-order valence-electron chi connectivity index (χ1n) is 19.1. The number of nitrogens with zero attached hydrogens (tertiary/aromatic N) is 4. The summed E-state index contributed by atoms with van der Waals surface area (Å²) in [5.74, 6) is -0.165. The number of rotatable bonds is 18. The molecule has 1 saturated heterocycles. The first-order valence-corrected chi connectivity index (χ1v) is 19.1. The van der Waals surface area contributed by atoms with Crippen LogP contribution in [-0.2, 0) is 24.3 Å². The smallest absolute Gasteiger partial charge is 0.240 e. The number of aryl methyl sites for hydroxylation is 1. The molecule has 4 heterocycles. The minimum Gasteiger partial charge on any atom is -0.505 e. The van der Waals surface area contributed by atoms with Crippen molar-refractivity contribution in [2.75, 3.05) is 13.1 Å². The second-order valence-corrected chi connectivity index (χ2v) is 14.5. The van der Waals surface area contributed by atoms with Gasteiger partial charge in [0.05, 0.1) is 29.1 Å². The van der Waals surface area contributed by atoms with Crippen LogP contribution in [0.3, 0.4) is 0 Å². The normalized spacial score (nSPS) is 16.9. The second-order valence-electron chi connectivity index (χ2n) is 14.5. The van der Waals surface area contributed by atoms with Crippen molar-refractivity contribution in [2.45, 2.75) is 135 Å². The van der Waals surface area contributed by atoms with Gasteiger partial charge in [-0.05, 0) is 60.2 Å². The fourth-order valence-electron chi connectivity index (χ4n) is 7.82. The van der Waals surface area contributed by atoms with E-state index < -0.39 is 11.9 Å². The van der Waals surface area contributed by atoms with Crippen LogP contribution in [0.2, 0.25) is 0 Å². The number of imidazole rings is 1. The molecule has 4 N–H and O–H groups in total. The van der Waals surface area contributed by atoms with E-state index in [1.54, 1.807) is 0 Å². The third-order valence-corrected chi connectivity index (χ3v) is 10.8. The average Bonchev–Trinajstić information content (AvgIpc) is 3.91. The van der Waals surface area contributed by atoms with Crippen molar-refractivity contribution in [1.82, 2.24) is 30.0 Å². The Bertz CT molecular complexity index is 1710. The van der Waals surface area contributed by atoms with Gasteiger partial charge in [-0.2, -0.15) is 5.10 Å². The van der Waals surface area contributed by atoms with Crippen molar-refractivity contribution in [1.29, 1.82) is 0 Å². The summed E-state index contributed by atoms with van der Waals surface area (Å²) in [7, 11) is 0. The summed E-state index contributed by atoms with van der Waals surface area (Å²) >= 11 is 0. The zero-order valence-corrected chi connectivity index (χ0v) is 29.9. The molecule has 6 rings (SSSR count). The molecule has 50 heavy (non-hydrogen) atoms. The number of aromatic amines is 2. The van der Waals surface area contributed by atoms with Crippen LogP contribution >= 0.6 is 0 Å². The molecule has 0 unspecified atom stereocenters. The monoisotopic (exact) mass is 686 g/mol. The number of unbranched alkanes of at least 4 members (excludes halogenated alkanes) is 11. The topological polar surface area (TPSA) is 121 Å². The van der Waals surface area contributed by atoms with E-state index in [1.165, 1.54) is 76.3 Å². The maximum atomic E-state index is 14.3. The standard InChI is InChI=1S/C40H55FN6O3/c1-3-5-6-7-8-9-10-11-12-13-14-15-16-36(40(50)46-20-19-29(48)24-46)47-25-34-35(26-47)43-39(42-34)38-30-18-17-28(21-33(30)44-45-38)31-23-32(41)37(49)22-27(31)4-2/h17-18,21-23,29,36,48-49H,3-16,19-20,24-26H2,1-2H3,(H,42,43)(H,44,45)/t29-,36-/m1/s1. The lowest BCUT2D eigenvalue weighted by atomic mass is 9.96. The molecule has 2 aromatic heterocycles. The van der Waals surface area contributed by atoms with Gasteiger partial charge in [-0.1, -0.05) is 97.0 Å². The Hall–Kier alpha value is -3.76. The number of phenolic OH excluding ortho intramolecular Hbond substituents is 1. The first kappa shape index (κ1) is 36.0. The lowest BCUT2D eigenvalue weighted by Crippen LogP contribution is -2.46. The fourth-order valence-corrected chi connectivity index (χ4v) is 7.82. The Labute approximate surface area is 295 Å². The van der Waals surface area contributed by atoms with E-state index in [0.29, 0.717) is 44.8 Å². The minimum absolute atomic E-state index is 0.129. The number of nitrogens with one attached hydrogen (secondary N) is 2. The molecular weight excluding hydrogens is 631 g/mol. The molecule has 270 valence electrons. The molecule has 0 radical (unpaired) electrons. The molecule has 10 heteroatoms. The number of halogens is 1. The van der Waals surface area contributed by atoms with Crippen molar-refractivity contribution >= 4 is 16.8 Å². The maximum absolute atomic E-state index is 14.3. The number of benzene rings is 2. The Kier molecular flexibility index (Phi) is 12.2. The lowest BCUT2D eigenvalue weighted by molar-refractivity contribution is -0.137. The summed E-state index contributed by atoms with van der Waals surface area (Å²) in [5, 5.41) is 28.6. The van der Waals surface area contributed by atoms with Crippen molar-refractivity contribution in [2.24, 2.45) is 0 Å². The fraction of sp³-hybridized carbons (Fsp3) is 0.575. The molecule has 0 saturated carbocycles. The number of aliphatic hydroxyl groups is 1. The van der Waals surface area contributed by atoms with Crippen LogP contribution in [0.15, 0.2) is 30.3 Å². The quantitative estimate of drug-likeness (QED) is 0.0781. The van der Waals surface area contributed by atoms with E-state index in [0.717, 1.165) is 63.9 Å². The number of H-pyrrole nitrogens is 2. The van der Waals surface area contributed by atoms with Gasteiger partial charge in [-0.15, -0.1) is 0 Å². The molecular formula is C40H55FN6O3. The number of carbonyl (C=O) groups excluding carboxylic acids is 1. The van der Waals surface area contributed by atoms with Crippen LogP contribution in [0, 0.1) is 5.82 Å². The number of aromatic nitrogens is 4.